The molecule has 0 spiro atoms. The molecule has 0 aliphatic carbocycles. The van der Waals surface area contributed by atoms with Crippen LogP contribution in [0.2, 0.25) is 0 Å². The van der Waals surface area contributed by atoms with Crippen LogP contribution >= 0.6 is 0 Å². The highest BCUT2D eigenvalue weighted by molar-refractivity contribution is 5.83. The second-order valence-electron chi connectivity index (χ2n) is 4.45. The van der Waals surface area contributed by atoms with Crippen LogP contribution in [0.15, 0.2) is 55.8 Å². The van der Waals surface area contributed by atoms with E-state index < -0.39 is 0 Å². The Morgan fingerprint density at radius 2 is 1.95 bits per heavy atom. The van der Waals surface area contributed by atoms with Gasteiger partial charge in [-0.3, -0.25) is 4.79 Å². The molecule has 0 atom stereocenters. The fourth-order valence-corrected chi connectivity index (χ4v) is 2.09. The van der Waals surface area contributed by atoms with Crippen LogP contribution in [0.25, 0.3) is 10.9 Å². The molecule has 0 fully saturated rings. The van der Waals surface area contributed by atoms with Gasteiger partial charge in [0.2, 0.25) is 5.91 Å². The second-order valence-corrected chi connectivity index (χ2v) is 4.45. The summed E-state index contributed by atoms with van der Waals surface area (Å²) in [5.74, 6) is 0.0923. The van der Waals surface area contributed by atoms with Crippen LogP contribution < -0.4 is 0 Å². The molecule has 19 heavy (non-hydrogen) atoms. The Morgan fingerprint density at radius 1 is 1.21 bits per heavy atom. The van der Waals surface area contributed by atoms with E-state index in [0.717, 1.165) is 16.5 Å². The highest BCUT2D eigenvalue weighted by atomic mass is 16.2. The molecule has 1 aromatic carbocycles. The second kappa shape index (κ2) is 6.05. The summed E-state index contributed by atoms with van der Waals surface area (Å²) in [4.78, 5) is 17.1. The molecular weight excluding hydrogens is 236 g/mol. The van der Waals surface area contributed by atoms with Crippen LogP contribution in [0.4, 0.5) is 0 Å². The Bertz CT molecular complexity index is 588. The van der Waals surface area contributed by atoms with Crippen molar-refractivity contribution in [3.8, 4) is 0 Å². The molecule has 0 saturated heterocycles. The first-order valence-electron chi connectivity index (χ1n) is 6.30. The minimum Gasteiger partial charge on any atom is -0.361 e. The molecule has 0 aliphatic heterocycles. The van der Waals surface area contributed by atoms with Gasteiger partial charge in [-0.05, 0) is 29.1 Å². The number of carbonyl (C=O) groups excluding carboxylic acids is 1. The molecule has 0 saturated carbocycles. The third-order valence-electron chi connectivity index (χ3n) is 3.02. The van der Waals surface area contributed by atoms with Crippen LogP contribution in [0, 0.1) is 0 Å². The van der Waals surface area contributed by atoms with Gasteiger partial charge in [0.1, 0.15) is 0 Å². The van der Waals surface area contributed by atoms with Gasteiger partial charge in [0.05, 0.1) is 6.42 Å². The molecule has 3 nitrogen and oxygen atoms in total. The number of fused-ring (bicyclic) bond motifs is 1. The minimum atomic E-state index is 0.0923. The van der Waals surface area contributed by atoms with Gasteiger partial charge in [-0.2, -0.15) is 0 Å². The predicted molar refractivity (Wildman–Crippen MR) is 79.0 cm³/mol. The third-order valence-corrected chi connectivity index (χ3v) is 3.02. The zero-order valence-corrected chi connectivity index (χ0v) is 10.9. The van der Waals surface area contributed by atoms with Crippen molar-refractivity contribution in [1.29, 1.82) is 0 Å². The summed E-state index contributed by atoms with van der Waals surface area (Å²) in [5, 5.41) is 1.13. The van der Waals surface area contributed by atoms with Crippen molar-refractivity contribution in [2.24, 2.45) is 0 Å². The zero-order valence-electron chi connectivity index (χ0n) is 10.9. The number of H-pyrrole nitrogens is 1. The van der Waals surface area contributed by atoms with Crippen LogP contribution in [-0.4, -0.2) is 28.9 Å². The summed E-state index contributed by atoms with van der Waals surface area (Å²) in [6.07, 6.45) is 5.77. The lowest BCUT2D eigenvalue weighted by atomic mass is 10.1. The average molecular weight is 254 g/mol. The van der Waals surface area contributed by atoms with Crippen molar-refractivity contribution in [2.45, 2.75) is 6.42 Å². The number of hydrogen-bond acceptors (Lipinski definition) is 1. The number of nitrogens with one attached hydrogen (secondary N) is 1. The van der Waals surface area contributed by atoms with E-state index in [0.29, 0.717) is 19.5 Å². The van der Waals surface area contributed by atoms with Gasteiger partial charge in [0, 0.05) is 24.8 Å². The van der Waals surface area contributed by atoms with Crippen molar-refractivity contribution in [2.75, 3.05) is 13.1 Å². The molecule has 0 radical (unpaired) electrons. The monoisotopic (exact) mass is 254 g/mol. The van der Waals surface area contributed by atoms with E-state index in [2.05, 4.69) is 18.1 Å². The molecule has 1 amide bonds. The third kappa shape index (κ3) is 3.13. The summed E-state index contributed by atoms with van der Waals surface area (Å²) < 4.78 is 0. The zero-order chi connectivity index (χ0) is 13.7. The largest absolute Gasteiger partial charge is 0.361 e. The molecule has 2 aromatic rings. The molecule has 1 aromatic heterocycles. The molecule has 3 heteroatoms. The van der Waals surface area contributed by atoms with Crippen LogP contribution in [0.5, 0.6) is 0 Å². The van der Waals surface area contributed by atoms with Crippen molar-refractivity contribution < 1.29 is 4.79 Å². The number of nitrogens with zero attached hydrogens (tertiary/aromatic N) is 1. The first kappa shape index (κ1) is 13.1. The van der Waals surface area contributed by atoms with Crippen LogP contribution in [0.3, 0.4) is 0 Å². The number of aromatic amines is 1. The lowest BCUT2D eigenvalue weighted by molar-refractivity contribution is -0.129. The molecular formula is C16H18N2O. The van der Waals surface area contributed by atoms with Gasteiger partial charge < -0.3 is 9.88 Å². The van der Waals surface area contributed by atoms with Gasteiger partial charge in [-0.25, -0.2) is 0 Å². The maximum Gasteiger partial charge on any atom is 0.227 e. The lowest BCUT2D eigenvalue weighted by Crippen LogP contribution is -2.32. The first-order chi connectivity index (χ1) is 9.24. The maximum absolute atomic E-state index is 12.2. The number of rotatable bonds is 6. The van der Waals surface area contributed by atoms with Gasteiger partial charge >= 0.3 is 0 Å². The van der Waals surface area contributed by atoms with E-state index in [1.807, 2.05) is 30.5 Å². The van der Waals surface area contributed by atoms with E-state index in [-0.39, 0.29) is 5.91 Å². The topological polar surface area (TPSA) is 36.1 Å². The SMILES string of the molecule is C=CCN(CC=C)C(=O)Cc1ccc2[nH]ccc2c1. The van der Waals surface area contributed by atoms with Crippen molar-refractivity contribution in [3.63, 3.8) is 0 Å². The van der Waals surface area contributed by atoms with Crippen LogP contribution in [-0.2, 0) is 11.2 Å². The molecule has 0 bridgehead atoms. The molecule has 98 valence electrons. The standard InChI is InChI=1S/C16H18N2O/c1-3-9-18(10-4-2)16(19)12-13-5-6-15-14(11-13)7-8-17-15/h3-8,11,17H,1-2,9-10,12H2. The minimum absolute atomic E-state index is 0.0923. The normalized spacial score (nSPS) is 10.3. The molecule has 1 heterocycles. The number of aromatic nitrogens is 1. The summed E-state index contributed by atoms with van der Waals surface area (Å²) in [7, 11) is 0. The summed E-state index contributed by atoms with van der Waals surface area (Å²) in [6, 6.07) is 8.04. The molecule has 0 unspecified atom stereocenters. The van der Waals surface area contributed by atoms with Crippen molar-refractivity contribution >= 4 is 16.8 Å². The quantitative estimate of drug-likeness (QED) is 0.790. The summed E-state index contributed by atoms with van der Waals surface area (Å²) in [5.41, 5.74) is 2.11. The first-order valence-corrected chi connectivity index (χ1v) is 6.30. The Balaban J connectivity index is 2.11. The lowest BCUT2D eigenvalue weighted by Gasteiger charge is -2.19. The van der Waals surface area contributed by atoms with E-state index in [1.165, 1.54) is 0 Å². The van der Waals surface area contributed by atoms with Crippen molar-refractivity contribution in [1.82, 2.24) is 9.88 Å². The van der Waals surface area contributed by atoms with Gasteiger partial charge in [0.25, 0.3) is 0 Å². The number of hydrogen-bond donors (Lipinski definition) is 1. The predicted octanol–water partition coefficient (Wildman–Crippen LogP) is 2.91. The Labute approximate surface area is 113 Å². The van der Waals surface area contributed by atoms with Gasteiger partial charge in [-0.1, -0.05) is 18.2 Å². The van der Waals surface area contributed by atoms with E-state index >= 15 is 0 Å². The smallest absolute Gasteiger partial charge is 0.227 e. The van der Waals surface area contributed by atoms with Gasteiger partial charge in [-0.15, -0.1) is 13.2 Å². The highest BCUT2D eigenvalue weighted by Crippen LogP contribution is 2.15. The molecule has 1 N–H and O–H groups in total. The molecule has 2 rings (SSSR count). The summed E-state index contributed by atoms with van der Waals surface area (Å²) in [6.45, 7) is 8.45. The Kier molecular flexibility index (Phi) is 4.18. The highest BCUT2D eigenvalue weighted by Gasteiger charge is 2.11. The number of amides is 1. The van der Waals surface area contributed by atoms with Gasteiger partial charge in [0.15, 0.2) is 0 Å². The number of benzene rings is 1. The van der Waals surface area contributed by atoms with E-state index in [4.69, 9.17) is 0 Å². The van der Waals surface area contributed by atoms with E-state index in [9.17, 15) is 4.79 Å². The number of carbonyl (C=O) groups is 1. The van der Waals surface area contributed by atoms with Crippen LogP contribution in [0.1, 0.15) is 5.56 Å². The fraction of sp³-hybridized carbons (Fsp3) is 0.188. The van der Waals surface area contributed by atoms with E-state index in [1.54, 1.807) is 17.1 Å². The molecule has 0 aliphatic rings. The maximum atomic E-state index is 12.2. The average Bonchev–Trinajstić information content (AvgIpc) is 2.86. The Hall–Kier alpha value is -2.29. The fourth-order valence-electron chi connectivity index (χ4n) is 2.09. The summed E-state index contributed by atoms with van der Waals surface area (Å²) >= 11 is 0. The Morgan fingerprint density at radius 3 is 2.63 bits per heavy atom. The van der Waals surface area contributed by atoms with Crippen molar-refractivity contribution in [3.05, 3.63) is 61.3 Å².